The van der Waals surface area contributed by atoms with E-state index in [0.29, 0.717) is 18.4 Å². The summed E-state index contributed by atoms with van der Waals surface area (Å²) in [6, 6.07) is 7.81. The normalized spacial score (nSPS) is 12.8. The lowest BCUT2D eigenvalue weighted by Gasteiger charge is -2.27. The summed E-state index contributed by atoms with van der Waals surface area (Å²) in [5.41, 5.74) is 0.627. The fourth-order valence-electron chi connectivity index (χ4n) is 2.34. The van der Waals surface area contributed by atoms with Gasteiger partial charge < -0.3 is 14.8 Å². The summed E-state index contributed by atoms with van der Waals surface area (Å²) in [5.74, 6) is -1.33. The SMILES string of the molecule is CCCC(=O)N[C@H](C(=O)OCC)[C@H](OC(=O)CCC)c1ccccc1. The molecule has 2 atom stereocenters. The number of ether oxygens (including phenoxy) is 2. The van der Waals surface area contributed by atoms with Crippen molar-refractivity contribution in [2.24, 2.45) is 0 Å². The molecule has 0 aliphatic carbocycles. The Morgan fingerprint density at radius 1 is 1.00 bits per heavy atom. The van der Waals surface area contributed by atoms with Crippen LogP contribution < -0.4 is 5.32 Å². The molecule has 0 bridgehead atoms. The van der Waals surface area contributed by atoms with Crippen LogP contribution in [0.1, 0.15) is 58.1 Å². The van der Waals surface area contributed by atoms with E-state index < -0.39 is 24.1 Å². The summed E-state index contributed by atoms with van der Waals surface area (Å²) < 4.78 is 10.6. The molecule has 1 N–H and O–H groups in total. The van der Waals surface area contributed by atoms with Gasteiger partial charge in [0.1, 0.15) is 0 Å². The van der Waals surface area contributed by atoms with E-state index >= 15 is 0 Å². The van der Waals surface area contributed by atoms with Gasteiger partial charge in [0, 0.05) is 12.8 Å². The molecule has 6 nitrogen and oxygen atoms in total. The van der Waals surface area contributed by atoms with Crippen molar-refractivity contribution in [3.8, 4) is 0 Å². The Labute approximate surface area is 148 Å². The van der Waals surface area contributed by atoms with Gasteiger partial charge in [-0.2, -0.15) is 0 Å². The van der Waals surface area contributed by atoms with E-state index in [1.807, 2.05) is 19.9 Å². The van der Waals surface area contributed by atoms with Gasteiger partial charge in [-0.15, -0.1) is 0 Å². The molecule has 1 aromatic rings. The molecular weight excluding hydrogens is 322 g/mol. The van der Waals surface area contributed by atoms with Crippen LogP contribution in [0.15, 0.2) is 30.3 Å². The third-order valence-electron chi connectivity index (χ3n) is 3.48. The Morgan fingerprint density at radius 3 is 2.20 bits per heavy atom. The second-order valence-corrected chi connectivity index (χ2v) is 5.62. The highest BCUT2D eigenvalue weighted by atomic mass is 16.6. The first-order valence-electron chi connectivity index (χ1n) is 8.73. The summed E-state index contributed by atoms with van der Waals surface area (Å²) in [4.78, 5) is 36.5. The van der Waals surface area contributed by atoms with Crippen molar-refractivity contribution in [1.82, 2.24) is 5.32 Å². The molecule has 0 heterocycles. The van der Waals surface area contributed by atoms with E-state index in [0.717, 1.165) is 0 Å². The Balaban J connectivity index is 3.13. The van der Waals surface area contributed by atoms with Crippen LogP contribution in [0.2, 0.25) is 0 Å². The van der Waals surface area contributed by atoms with Gasteiger partial charge >= 0.3 is 11.9 Å². The van der Waals surface area contributed by atoms with Gasteiger partial charge in [-0.05, 0) is 25.3 Å². The third kappa shape index (κ3) is 6.95. The van der Waals surface area contributed by atoms with Gasteiger partial charge in [-0.25, -0.2) is 4.79 Å². The number of hydrogen-bond donors (Lipinski definition) is 1. The predicted molar refractivity (Wildman–Crippen MR) is 93.7 cm³/mol. The first-order valence-corrected chi connectivity index (χ1v) is 8.73. The highest BCUT2D eigenvalue weighted by Crippen LogP contribution is 2.23. The largest absolute Gasteiger partial charge is 0.464 e. The number of hydrogen-bond acceptors (Lipinski definition) is 5. The second-order valence-electron chi connectivity index (χ2n) is 5.62. The minimum atomic E-state index is -1.08. The minimum absolute atomic E-state index is 0.170. The van der Waals surface area contributed by atoms with Crippen molar-refractivity contribution in [1.29, 1.82) is 0 Å². The van der Waals surface area contributed by atoms with Crippen LogP contribution in [-0.4, -0.2) is 30.5 Å². The van der Waals surface area contributed by atoms with Crippen molar-refractivity contribution >= 4 is 17.8 Å². The number of nitrogens with one attached hydrogen (secondary N) is 1. The van der Waals surface area contributed by atoms with E-state index in [2.05, 4.69) is 5.32 Å². The topological polar surface area (TPSA) is 81.7 Å². The number of rotatable bonds is 10. The lowest BCUT2D eigenvalue weighted by Crippen LogP contribution is -2.47. The molecule has 0 fully saturated rings. The summed E-state index contributed by atoms with van der Waals surface area (Å²) in [5, 5.41) is 2.66. The molecule has 0 saturated carbocycles. The van der Waals surface area contributed by atoms with E-state index in [-0.39, 0.29) is 25.4 Å². The highest BCUT2D eigenvalue weighted by Gasteiger charge is 2.35. The van der Waals surface area contributed by atoms with Gasteiger partial charge in [0.15, 0.2) is 12.1 Å². The van der Waals surface area contributed by atoms with Crippen LogP contribution in [0.3, 0.4) is 0 Å². The third-order valence-corrected chi connectivity index (χ3v) is 3.48. The molecule has 25 heavy (non-hydrogen) atoms. The van der Waals surface area contributed by atoms with Crippen LogP contribution >= 0.6 is 0 Å². The van der Waals surface area contributed by atoms with Crippen LogP contribution in [0.25, 0.3) is 0 Å². The predicted octanol–water partition coefficient (Wildman–Crippen LogP) is 2.92. The molecule has 1 rings (SSSR count). The molecule has 1 aromatic carbocycles. The number of carbonyl (C=O) groups excluding carboxylic acids is 3. The molecule has 1 amide bonds. The molecule has 0 unspecified atom stereocenters. The van der Waals surface area contributed by atoms with Gasteiger partial charge in [0.2, 0.25) is 5.91 Å². The molecular formula is C19H27NO5. The van der Waals surface area contributed by atoms with E-state index in [4.69, 9.17) is 9.47 Å². The Morgan fingerprint density at radius 2 is 1.64 bits per heavy atom. The number of carbonyl (C=O) groups is 3. The number of amides is 1. The maximum atomic E-state index is 12.4. The quantitative estimate of drug-likeness (QED) is 0.657. The average Bonchev–Trinajstić information content (AvgIpc) is 2.59. The van der Waals surface area contributed by atoms with Crippen molar-refractivity contribution in [3.05, 3.63) is 35.9 Å². The molecule has 6 heteroatoms. The van der Waals surface area contributed by atoms with Gasteiger partial charge in [-0.3, -0.25) is 9.59 Å². The summed E-state index contributed by atoms with van der Waals surface area (Å²) in [6.07, 6.45) is 0.863. The number of benzene rings is 1. The molecule has 138 valence electrons. The van der Waals surface area contributed by atoms with Gasteiger partial charge in [0.05, 0.1) is 6.61 Å². The van der Waals surface area contributed by atoms with E-state index in [1.54, 1.807) is 31.2 Å². The average molecular weight is 349 g/mol. The zero-order valence-corrected chi connectivity index (χ0v) is 15.1. The highest BCUT2D eigenvalue weighted by molar-refractivity contribution is 5.85. The zero-order chi connectivity index (χ0) is 18.7. The summed E-state index contributed by atoms with van der Waals surface area (Å²) in [6.45, 7) is 5.59. The molecule has 0 aliphatic heterocycles. The fourth-order valence-corrected chi connectivity index (χ4v) is 2.34. The van der Waals surface area contributed by atoms with Gasteiger partial charge in [0.25, 0.3) is 0 Å². The smallest absolute Gasteiger partial charge is 0.332 e. The Hall–Kier alpha value is -2.37. The second kappa shape index (κ2) is 11.2. The van der Waals surface area contributed by atoms with Crippen LogP contribution in [0.5, 0.6) is 0 Å². The van der Waals surface area contributed by atoms with Gasteiger partial charge in [-0.1, -0.05) is 44.2 Å². The molecule has 0 spiro atoms. The maximum absolute atomic E-state index is 12.4. The fraction of sp³-hybridized carbons (Fsp3) is 0.526. The zero-order valence-electron chi connectivity index (χ0n) is 15.1. The first kappa shape index (κ1) is 20.7. The standard InChI is InChI=1S/C19H27NO5/c1-4-10-15(21)20-17(19(23)24-6-3)18(25-16(22)11-5-2)14-12-8-7-9-13-14/h7-9,12-13,17-18H,4-6,10-11H2,1-3H3,(H,20,21)/t17-,18+/m0/s1. The molecule has 0 aliphatic rings. The van der Waals surface area contributed by atoms with E-state index in [1.165, 1.54) is 0 Å². The monoisotopic (exact) mass is 349 g/mol. The van der Waals surface area contributed by atoms with Crippen molar-refractivity contribution < 1.29 is 23.9 Å². The minimum Gasteiger partial charge on any atom is -0.464 e. The van der Waals surface area contributed by atoms with Crippen molar-refractivity contribution in [2.45, 2.75) is 58.6 Å². The molecule has 0 aromatic heterocycles. The van der Waals surface area contributed by atoms with Crippen LogP contribution in [0.4, 0.5) is 0 Å². The Kier molecular flexibility index (Phi) is 9.29. The van der Waals surface area contributed by atoms with Crippen LogP contribution in [-0.2, 0) is 23.9 Å². The summed E-state index contributed by atoms with van der Waals surface area (Å²) >= 11 is 0. The molecule has 0 saturated heterocycles. The lowest BCUT2D eigenvalue weighted by molar-refractivity contribution is -0.160. The Bertz CT molecular complexity index is 558. The van der Waals surface area contributed by atoms with Crippen molar-refractivity contribution in [3.63, 3.8) is 0 Å². The molecule has 0 radical (unpaired) electrons. The first-order chi connectivity index (χ1) is 12.0. The lowest BCUT2D eigenvalue weighted by atomic mass is 10.0. The van der Waals surface area contributed by atoms with E-state index in [9.17, 15) is 14.4 Å². The summed E-state index contributed by atoms with van der Waals surface area (Å²) in [7, 11) is 0. The van der Waals surface area contributed by atoms with Crippen LogP contribution in [0, 0.1) is 0 Å². The maximum Gasteiger partial charge on any atom is 0.332 e. The number of esters is 2. The van der Waals surface area contributed by atoms with Crippen molar-refractivity contribution in [2.75, 3.05) is 6.61 Å².